The van der Waals surface area contributed by atoms with Crippen molar-refractivity contribution in [2.75, 3.05) is 47.5 Å². The lowest BCUT2D eigenvalue weighted by atomic mass is 10.1. The number of likely N-dealkylation sites (N-methyl/N-ethyl adjacent to an activating group) is 1. The fraction of sp³-hybridized carbons (Fsp3) is 0.738. The first-order chi connectivity index (χ1) is 25.0. The van der Waals surface area contributed by atoms with Crippen LogP contribution in [0.5, 0.6) is 0 Å². The number of quaternary nitrogens is 1. The molecule has 0 aromatic carbocycles. The van der Waals surface area contributed by atoms with Crippen molar-refractivity contribution < 1.29 is 38.0 Å². The highest BCUT2D eigenvalue weighted by Gasteiger charge is 2.23. The molecule has 0 spiro atoms. The summed E-state index contributed by atoms with van der Waals surface area (Å²) >= 11 is 0. The number of allylic oxidation sites excluding steroid dienone is 9. The molecule has 0 aromatic rings. The van der Waals surface area contributed by atoms with E-state index in [-0.39, 0.29) is 25.5 Å². The number of nitrogens with one attached hydrogen (secondary N) is 1. The summed E-state index contributed by atoms with van der Waals surface area (Å²) in [4.78, 5) is 25.2. The number of aliphatic hydroxyl groups is 2. The van der Waals surface area contributed by atoms with Gasteiger partial charge in [0.1, 0.15) is 13.2 Å². The first-order valence-corrected chi connectivity index (χ1v) is 21.7. The fourth-order valence-electron chi connectivity index (χ4n) is 5.24. The summed E-state index contributed by atoms with van der Waals surface area (Å²) in [6, 6.07) is -0.922. The van der Waals surface area contributed by atoms with Crippen molar-refractivity contribution in [1.29, 1.82) is 0 Å². The van der Waals surface area contributed by atoms with E-state index >= 15 is 0 Å². The van der Waals surface area contributed by atoms with E-state index in [1.165, 1.54) is 51.4 Å². The van der Waals surface area contributed by atoms with Crippen molar-refractivity contribution in [2.24, 2.45) is 0 Å². The molecule has 0 fully saturated rings. The van der Waals surface area contributed by atoms with Crippen LogP contribution in [-0.4, -0.2) is 80.3 Å². The standard InChI is InChI=1S/C42H77N2O7P/c1-5-6-7-8-9-10-11-19-22-25-28-31-34-41(46)40(39-51-52(48,49)50-38-36-44(2,3)4)43-42(47)35-32-29-26-23-20-17-15-13-12-14-16-18-21-24-27-30-33-37-45/h12,14-15,17-18,21,23,26,31,34,40-41,45-46H,5-11,13,16,19-20,22,24-25,27-30,32-33,35-39H2,1-4H3,(H-,43,47,48,49)/b14-12-,17-15-,21-18-,26-23-,34-31+/t40-,41+/m0/s1. The van der Waals surface area contributed by atoms with Gasteiger partial charge in [-0.3, -0.25) is 9.36 Å². The molecule has 0 aliphatic rings. The van der Waals surface area contributed by atoms with Gasteiger partial charge in [-0.05, 0) is 64.2 Å². The zero-order chi connectivity index (χ0) is 38.6. The maximum atomic E-state index is 12.8. The van der Waals surface area contributed by atoms with Crippen molar-refractivity contribution in [1.82, 2.24) is 5.32 Å². The van der Waals surface area contributed by atoms with Crippen LogP contribution in [0.15, 0.2) is 60.8 Å². The van der Waals surface area contributed by atoms with Gasteiger partial charge in [-0.2, -0.15) is 0 Å². The van der Waals surface area contributed by atoms with E-state index in [4.69, 9.17) is 14.2 Å². The van der Waals surface area contributed by atoms with Crippen molar-refractivity contribution >= 4 is 13.7 Å². The monoisotopic (exact) mass is 753 g/mol. The third-order valence-electron chi connectivity index (χ3n) is 8.53. The Morgan fingerprint density at radius 2 is 1.19 bits per heavy atom. The molecule has 0 saturated carbocycles. The number of aliphatic hydroxyl groups excluding tert-OH is 2. The lowest BCUT2D eigenvalue weighted by molar-refractivity contribution is -0.870. The molecule has 302 valence electrons. The molecule has 0 saturated heterocycles. The van der Waals surface area contributed by atoms with Gasteiger partial charge in [0.25, 0.3) is 7.82 Å². The molecule has 0 aliphatic carbocycles. The topological polar surface area (TPSA) is 128 Å². The van der Waals surface area contributed by atoms with Crippen LogP contribution in [0.25, 0.3) is 0 Å². The van der Waals surface area contributed by atoms with E-state index in [9.17, 15) is 19.4 Å². The minimum atomic E-state index is -4.60. The van der Waals surface area contributed by atoms with Crippen molar-refractivity contribution in [3.05, 3.63) is 60.8 Å². The van der Waals surface area contributed by atoms with E-state index in [2.05, 4.69) is 60.8 Å². The Labute approximate surface area is 318 Å². The summed E-state index contributed by atoms with van der Waals surface area (Å²) in [5, 5.41) is 22.5. The van der Waals surface area contributed by atoms with E-state index in [1.54, 1.807) is 6.08 Å². The molecule has 10 heteroatoms. The summed E-state index contributed by atoms with van der Waals surface area (Å²) in [6.07, 6.45) is 41.4. The molecule has 9 nitrogen and oxygen atoms in total. The maximum Gasteiger partial charge on any atom is 0.268 e. The van der Waals surface area contributed by atoms with Crippen molar-refractivity contribution in [3.63, 3.8) is 0 Å². The Hall–Kier alpha value is -1.84. The summed E-state index contributed by atoms with van der Waals surface area (Å²) < 4.78 is 23.1. The summed E-state index contributed by atoms with van der Waals surface area (Å²) in [5.41, 5.74) is 0. The van der Waals surface area contributed by atoms with Gasteiger partial charge in [0, 0.05) is 13.0 Å². The van der Waals surface area contributed by atoms with Gasteiger partial charge in [-0.1, -0.05) is 132 Å². The van der Waals surface area contributed by atoms with Gasteiger partial charge in [-0.25, -0.2) is 0 Å². The van der Waals surface area contributed by atoms with Crippen LogP contribution >= 0.6 is 7.82 Å². The Morgan fingerprint density at radius 1 is 0.712 bits per heavy atom. The molecule has 0 aliphatic heterocycles. The van der Waals surface area contributed by atoms with Gasteiger partial charge < -0.3 is 34.0 Å². The van der Waals surface area contributed by atoms with Gasteiger partial charge in [0.15, 0.2) is 0 Å². The van der Waals surface area contributed by atoms with Crippen LogP contribution in [0.4, 0.5) is 0 Å². The van der Waals surface area contributed by atoms with Crippen molar-refractivity contribution in [2.45, 2.75) is 154 Å². The quantitative estimate of drug-likeness (QED) is 0.0252. The summed E-state index contributed by atoms with van der Waals surface area (Å²) in [7, 11) is 1.20. The minimum Gasteiger partial charge on any atom is -0.756 e. The predicted octanol–water partition coefficient (Wildman–Crippen LogP) is 9.03. The molecule has 0 rings (SSSR count). The SMILES string of the molecule is CCCCCCCCCCCC/C=C/[C@@H](O)[C@H](COP(=O)([O-])OCC[N+](C)(C)C)NC(=O)CCC/C=C\C/C=C\C/C=C\C/C=C\CCCCCO. The highest BCUT2D eigenvalue weighted by atomic mass is 31.2. The molecule has 0 bridgehead atoms. The van der Waals surface area contributed by atoms with Crippen LogP contribution in [0.3, 0.4) is 0 Å². The molecule has 3 N–H and O–H groups in total. The van der Waals surface area contributed by atoms with Gasteiger partial charge >= 0.3 is 0 Å². The second-order valence-corrected chi connectivity index (χ2v) is 16.1. The Morgan fingerprint density at radius 3 is 1.73 bits per heavy atom. The Kier molecular flexibility index (Phi) is 33.7. The van der Waals surface area contributed by atoms with Crippen LogP contribution in [0.1, 0.15) is 142 Å². The molecule has 1 amide bonds. The average Bonchev–Trinajstić information content (AvgIpc) is 3.09. The van der Waals surface area contributed by atoms with E-state index in [0.29, 0.717) is 17.4 Å². The predicted molar refractivity (Wildman–Crippen MR) is 216 cm³/mol. The number of nitrogens with zero attached hydrogens (tertiary/aromatic N) is 1. The number of amides is 1. The third kappa shape index (κ3) is 36.5. The smallest absolute Gasteiger partial charge is 0.268 e. The lowest BCUT2D eigenvalue weighted by Crippen LogP contribution is -2.45. The number of unbranched alkanes of at least 4 members (excludes halogenated alkanes) is 14. The minimum absolute atomic E-state index is 0.0188. The first kappa shape index (κ1) is 50.2. The maximum absolute atomic E-state index is 12.8. The van der Waals surface area contributed by atoms with Crippen LogP contribution in [-0.2, 0) is 18.4 Å². The number of hydrogen-bond donors (Lipinski definition) is 3. The molecular weight excluding hydrogens is 675 g/mol. The zero-order valence-electron chi connectivity index (χ0n) is 33.4. The van der Waals surface area contributed by atoms with E-state index < -0.39 is 26.6 Å². The number of phosphoric ester groups is 1. The summed E-state index contributed by atoms with van der Waals surface area (Å²) in [5.74, 6) is -0.265. The number of hydrogen-bond acceptors (Lipinski definition) is 7. The molecular formula is C42H77N2O7P. The molecule has 1 unspecified atom stereocenters. The number of rotatable bonds is 36. The molecule has 0 heterocycles. The number of phosphoric acid groups is 1. The van der Waals surface area contributed by atoms with Gasteiger partial charge in [0.05, 0.1) is 39.9 Å². The van der Waals surface area contributed by atoms with Gasteiger partial charge in [0.2, 0.25) is 5.91 Å². The highest BCUT2D eigenvalue weighted by Crippen LogP contribution is 2.38. The van der Waals surface area contributed by atoms with Crippen molar-refractivity contribution in [3.8, 4) is 0 Å². The molecule has 3 atom stereocenters. The second kappa shape index (κ2) is 34.9. The lowest BCUT2D eigenvalue weighted by Gasteiger charge is -2.29. The zero-order valence-corrected chi connectivity index (χ0v) is 34.3. The average molecular weight is 753 g/mol. The third-order valence-corrected chi connectivity index (χ3v) is 9.49. The molecule has 0 aromatic heterocycles. The van der Waals surface area contributed by atoms with E-state index in [1.807, 2.05) is 27.2 Å². The van der Waals surface area contributed by atoms with Crippen LogP contribution in [0.2, 0.25) is 0 Å². The second-order valence-electron chi connectivity index (χ2n) is 14.7. The Bertz CT molecular complexity index is 1040. The van der Waals surface area contributed by atoms with Crippen LogP contribution in [0, 0.1) is 0 Å². The normalized spacial score (nSPS) is 15.1. The largest absolute Gasteiger partial charge is 0.756 e. The first-order valence-electron chi connectivity index (χ1n) is 20.3. The van der Waals surface area contributed by atoms with Gasteiger partial charge in [-0.15, -0.1) is 0 Å². The van der Waals surface area contributed by atoms with E-state index in [0.717, 1.165) is 70.6 Å². The fourth-order valence-corrected chi connectivity index (χ4v) is 5.96. The summed E-state index contributed by atoms with van der Waals surface area (Å²) in [6.45, 7) is 2.57. The Balaban J connectivity index is 4.59. The molecule has 0 radical (unpaired) electrons. The number of carbonyl (C=O) groups is 1. The van der Waals surface area contributed by atoms with Crippen LogP contribution < -0.4 is 10.2 Å². The molecule has 52 heavy (non-hydrogen) atoms. The highest BCUT2D eigenvalue weighted by molar-refractivity contribution is 7.45. The number of carbonyl (C=O) groups excluding carboxylic acids is 1.